The molecule has 0 bridgehead atoms. The van der Waals surface area contributed by atoms with Crippen molar-refractivity contribution < 1.29 is 19.0 Å². The van der Waals surface area contributed by atoms with E-state index in [4.69, 9.17) is 24.9 Å². The maximum atomic E-state index is 12.4. The second-order valence-corrected chi connectivity index (χ2v) is 11.0. The van der Waals surface area contributed by atoms with Crippen LogP contribution in [0.15, 0.2) is 41.8 Å². The maximum Gasteiger partial charge on any atom is 0.229 e. The summed E-state index contributed by atoms with van der Waals surface area (Å²) in [4.78, 5) is 22.4. The first kappa shape index (κ1) is 26.2. The van der Waals surface area contributed by atoms with Crippen LogP contribution in [0.1, 0.15) is 20.8 Å². The fraction of sp³-hybridized carbons (Fsp3) is 0.269. The van der Waals surface area contributed by atoms with Crippen molar-refractivity contribution in [3.63, 3.8) is 0 Å². The molecule has 11 heteroatoms. The van der Waals surface area contributed by atoms with Gasteiger partial charge in [-0.2, -0.15) is 0 Å². The molecule has 2 aromatic carbocycles. The first-order chi connectivity index (χ1) is 17.6. The van der Waals surface area contributed by atoms with Gasteiger partial charge in [-0.1, -0.05) is 44.2 Å². The number of nitrogens with two attached hydrogens (primary N) is 1. The van der Waals surface area contributed by atoms with E-state index >= 15 is 0 Å². The largest absolute Gasteiger partial charge is 0.493 e. The van der Waals surface area contributed by atoms with Crippen molar-refractivity contribution in [2.45, 2.75) is 20.8 Å². The Morgan fingerprint density at radius 2 is 1.68 bits per heavy atom. The van der Waals surface area contributed by atoms with Gasteiger partial charge in [0.1, 0.15) is 15.7 Å². The summed E-state index contributed by atoms with van der Waals surface area (Å²) in [6, 6.07) is 11.2. The zero-order valence-electron chi connectivity index (χ0n) is 21.5. The summed E-state index contributed by atoms with van der Waals surface area (Å²) in [5.41, 5.74) is 8.90. The van der Waals surface area contributed by atoms with Gasteiger partial charge in [0.2, 0.25) is 11.7 Å². The fourth-order valence-electron chi connectivity index (χ4n) is 3.40. The summed E-state index contributed by atoms with van der Waals surface area (Å²) >= 11 is 2.88. The monoisotopic (exact) mass is 539 g/mol. The van der Waals surface area contributed by atoms with Crippen LogP contribution in [0.25, 0.3) is 21.1 Å². The molecular weight excluding hydrogens is 510 g/mol. The van der Waals surface area contributed by atoms with Crippen molar-refractivity contribution in [2.24, 2.45) is 5.41 Å². The summed E-state index contributed by atoms with van der Waals surface area (Å²) in [5, 5.41) is 9.55. The van der Waals surface area contributed by atoms with Crippen LogP contribution in [0.3, 0.4) is 0 Å². The fourth-order valence-corrected chi connectivity index (χ4v) is 5.23. The number of nitrogen functional groups attached to an aromatic ring is 1. The molecule has 0 aliphatic heterocycles. The molecule has 4 aromatic rings. The number of aromatic nitrogens is 2. The standard InChI is InChI=1S/C26H29N5O4S2/c1-26(2,3)24(32)28-15-9-7-8-14(10-15)17-13-36-23(30-17)21-22(27)31-25(37-21)29-16-11-18(33-4)20(35-6)19(12-16)34-5/h7-13H,27H2,1-6H3,(H,28,32)(H,29,31). The number of thiazole rings is 2. The number of ether oxygens (including phenoxy) is 3. The first-order valence-corrected chi connectivity index (χ1v) is 13.0. The van der Waals surface area contributed by atoms with Crippen molar-refractivity contribution in [3.05, 3.63) is 41.8 Å². The van der Waals surface area contributed by atoms with E-state index in [1.165, 1.54) is 22.7 Å². The number of methoxy groups -OCH3 is 3. The Balaban J connectivity index is 1.56. The number of hydrogen-bond donors (Lipinski definition) is 3. The van der Waals surface area contributed by atoms with Crippen molar-refractivity contribution in [1.82, 2.24) is 9.97 Å². The minimum atomic E-state index is -0.485. The molecule has 0 unspecified atom stereocenters. The van der Waals surface area contributed by atoms with Crippen molar-refractivity contribution in [2.75, 3.05) is 37.7 Å². The van der Waals surface area contributed by atoms with Crippen LogP contribution in [0.2, 0.25) is 0 Å². The van der Waals surface area contributed by atoms with Crippen LogP contribution in [0.4, 0.5) is 22.3 Å². The van der Waals surface area contributed by atoms with Gasteiger partial charge >= 0.3 is 0 Å². The number of rotatable bonds is 8. The van der Waals surface area contributed by atoms with E-state index in [1.54, 1.807) is 33.5 Å². The quantitative estimate of drug-likeness (QED) is 0.240. The molecule has 0 atom stereocenters. The van der Waals surface area contributed by atoms with E-state index < -0.39 is 5.41 Å². The van der Waals surface area contributed by atoms with Gasteiger partial charge in [0.05, 0.1) is 27.0 Å². The molecule has 0 radical (unpaired) electrons. The molecule has 0 saturated carbocycles. The van der Waals surface area contributed by atoms with E-state index in [9.17, 15) is 4.79 Å². The second kappa shape index (κ2) is 10.7. The van der Waals surface area contributed by atoms with Crippen LogP contribution < -0.4 is 30.6 Å². The lowest BCUT2D eigenvalue weighted by Crippen LogP contribution is -2.27. The number of anilines is 4. The molecule has 37 heavy (non-hydrogen) atoms. The molecule has 2 aromatic heterocycles. The van der Waals surface area contributed by atoms with Gasteiger partial charge in [-0.05, 0) is 12.1 Å². The molecule has 0 saturated heterocycles. The highest BCUT2D eigenvalue weighted by molar-refractivity contribution is 7.23. The Morgan fingerprint density at radius 3 is 2.30 bits per heavy atom. The van der Waals surface area contributed by atoms with Crippen LogP contribution in [0.5, 0.6) is 17.2 Å². The third kappa shape index (κ3) is 5.78. The zero-order valence-corrected chi connectivity index (χ0v) is 23.1. The van der Waals surface area contributed by atoms with E-state index in [0.717, 1.165) is 26.8 Å². The highest BCUT2D eigenvalue weighted by Crippen LogP contribution is 2.43. The number of hydrogen-bond acceptors (Lipinski definition) is 10. The summed E-state index contributed by atoms with van der Waals surface area (Å²) in [5.74, 6) is 1.90. The third-order valence-corrected chi connectivity index (χ3v) is 7.35. The number of nitrogens with zero attached hydrogens (tertiary/aromatic N) is 2. The van der Waals surface area contributed by atoms with Gasteiger partial charge < -0.3 is 30.6 Å². The minimum Gasteiger partial charge on any atom is -0.493 e. The highest BCUT2D eigenvalue weighted by atomic mass is 32.1. The van der Waals surface area contributed by atoms with Gasteiger partial charge in [0.25, 0.3) is 0 Å². The Hall–Kier alpha value is -3.83. The van der Waals surface area contributed by atoms with Crippen LogP contribution >= 0.6 is 22.7 Å². The summed E-state index contributed by atoms with van der Waals surface area (Å²) in [6.07, 6.45) is 0. The molecule has 4 rings (SSSR count). The number of carbonyl (C=O) groups excluding carboxylic acids is 1. The Bertz CT molecular complexity index is 1400. The highest BCUT2D eigenvalue weighted by Gasteiger charge is 2.22. The van der Waals surface area contributed by atoms with E-state index in [0.29, 0.717) is 33.9 Å². The first-order valence-electron chi connectivity index (χ1n) is 11.3. The van der Waals surface area contributed by atoms with E-state index in [-0.39, 0.29) is 5.91 Å². The Labute approximate surface area is 223 Å². The van der Waals surface area contributed by atoms with Gasteiger partial charge in [0.15, 0.2) is 16.6 Å². The lowest BCUT2D eigenvalue weighted by molar-refractivity contribution is -0.123. The van der Waals surface area contributed by atoms with Crippen molar-refractivity contribution in [1.29, 1.82) is 0 Å². The van der Waals surface area contributed by atoms with E-state index in [2.05, 4.69) is 15.6 Å². The molecule has 194 valence electrons. The van der Waals surface area contributed by atoms with Gasteiger partial charge in [0, 0.05) is 39.9 Å². The van der Waals surface area contributed by atoms with Gasteiger partial charge in [-0.25, -0.2) is 9.97 Å². The normalized spacial score (nSPS) is 11.2. The smallest absolute Gasteiger partial charge is 0.229 e. The number of benzene rings is 2. The predicted molar refractivity (Wildman–Crippen MR) is 151 cm³/mol. The molecule has 0 fully saturated rings. The summed E-state index contributed by atoms with van der Waals surface area (Å²) in [6.45, 7) is 5.63. The number of nitrogens with one attached hydrogen (secondary N) is 2. The van der Waals surface area contributed by atoms with Crippen LogP contribution in [-0.4, -0.2) is 37.2 Å². The maximum absolute atomic E-state index is 12.4. The number of carbonyl (C=O) groups is 1. The molecule has 0 aliphatic rings. The minimum absolute atomic E-state index is 0.0480. The molecule has 0 spiro atoms. The predicted octanol–water partition coefficient (Wildman–Crippen LogP) is 6.27. The van der Waals surface area contributed by atoms with Gasteiger partial charge in [-0.15, -0.1) is 11.3 Å². The average molecular weight is 540 g/mol. The average Bonchev–Trinajstić information content (AvgIpc) is 3.49. The SMILES string of the molecule is COc1cc(Nc2nc(N)c(-c3nc(-c4cccc(NC(=O)C(C)(C)C)c4)cs3)s2)cc(OC)c1OC. The summed E-state index contributed by atoms with van der Waals surface area (Å²) in [7, 11) is 4.69. The molecular formula is C26H29N5O4S2. The second-order valence-electron chi connectivity index (χ2n) is 9.10. The Morgan fingerprint density at radius 1 is 0.973 bits per heavy atom. The summed E-state index contributed by atoms with van der Waals surface area (Å²) < 4.78 is 16.2. The zero-order chi connectivity index (χ0) is 26.7. The lowest BCUT2D eigenvalue weighted by Gasteiger charge is -2.17. The number of amides is 1. The van der Waals surface area contributed by atoms with Gasteiger partial charge in [-0.3, -0.25) is 4.79 Å². The molecule has 1 amide bonds. The Kier molecular flexibility index (Phi) is 7.55. The molecule has 0 aliphatic carbocycles. The molecule has 2 heterocycles. The van der Waals surface area contributed by atoms with E-state index in [1.807, 2.05) is 50.4 Å². The topological polar surface area (TPSA) is 121 Å². The molecule has 4 N–H and O–H groups in total. The third-order valence-electron chi connectivity index (χ3n) is 5.37. The van der Waals surface area contributed by atoms with Crippen LogP contribution in [0, 0.1) is 5.41 Å². The lowest BCUT2D eigenvalue weighted by atomic mass is 9.95. The van der Waals surface area contributed by atoms with Crippen LogP contribution in [-0.2, 0) is 4.79 Å². The van der Waals surface area contributed by atoms with Crippen molar-refractivity contribution in [3.8, 4) is 38.4 Å². The van der Waals surface area contributed by atoms with Crippen molar-refractivity contribution >= 4 is 50.9 Å². The molecule has 9 nitrogen and oxygen atoms in total.